The van der Waals surface area contributed by atoms with Gasteiger partial charge in [0.15, 0.2) is 0 Å². The fraction of sp³-hybridized carbons (Fsp3) is 0.600. The zero-order valence-electron chi connectivity index (χ0n) is 8.36. The van der Waals surface area contributed by atoms with Crippen molar-refractivity contribution in [2.24, 2.45) is 0 Å². The van der Waals surface area contributed by atoms with Crippen molar-refractivity contribution in [2.45, 2.75) is 25.4 Å². The van der Waals surface area contributed by atoms with Gasteiger partial charge in [0.25, 0.3) is 0 Å². The summed E-state index contributed by atoms with van der Waals surface area (Å²) in [5.74, 6) is 0.809. The molecule has 0 aromatic carbocycles. The maximum absolute atomic E-state index is 5.65. The fourth-order valence-corrected chi connectivity index (χ4v) is 1.64. The highest BCUT2D eigenvalue weighted by molar-refractivity contribution is 5.30. The van der Waals surface area contributed by atoms with E-state index in [1.807, 2.05) is 0 Å². The molecule has 1 aliphatic heterocycles. The molecule has 0 aliphatic carbocycles. The van der Waals surface area contributed by atoms with Crippen LogP contribution in [0.2, 0.25) is 0 Å². The quantitative estimate of drug-likeness (QED) is 0.789. The molecule has 0 bridgehead atoms. The summed E-state index contributed by atoms with van der Waals surface area (Å²) in [6.45, 7) is 3.80. The Balaban J connectivity index is 1.88. The molecule has 4 heteroatoms. The molecular formula is C10H15N3O. The first kappa shape index (κ1) is 9.40. The van der Waals surface area contributed by atoms with E-state index in [1.165, 1.54) is 0 Å². The molecule has 4 nitrogen and oxygen atoms in total. The van der Waals surface area contributed by atoms with Crippen LogP contribution in [0, 0.1) is 0 Å². The van der Waals surface area contributed by atoms with E-state index in [4.69, 9.17) is 4.74 Å². The second kappa shape index (κ2) is 3.92. The van der Waals surface area contributed by atoms with Gasteiger partial charge in [-0.15, -0.1) is 0 Å². The lowest BCUT2D eigenvalue weighted by atomic mass is 10.0. The van der Waals surface area contributed by atoms with Gasteiger partial charge in [-0.2, -0.15) is 0 Å². The van der Waals surface area contributed by atoms with Crippen LogP contribution < -0.4 is 5.32 Å². The number of anilines is 1. The third kappa shape index (κ3) is 2.20. The molecule has 76 valence electrons. The van der Waals surface area contributed by atoms with Gasteiger partial charge in [-0.05, 0) is 19.8 Å². The molecular weight excluding hydrogens is 178 g/mol. The molecule has 1 aromatic heterocycles. The first-order valence-corrected chi connectivity index (χ1v) is 4.92. The monoisotopic (exact) mass is 193 g/mol. The molecule has 1 aromatic rings. The second-order valence-electron chi connectivity index (χ2n) is 3.85. The molecule has 0 spiro atoms. The fourth-order valence-electron chi connectivity index (χ4n) is 1.64. The van der Waals surface area contributed by atoms with E-state index in [0.717, 1.165) is 31.8 Å². The Morgan fingerprint density at radius 2 is 2.50 bits per heavy atom. The molecule has 0 saturated carbocycles. The topological polar surface area (TPSA) is 47.0 Å². The van der Waals surface area contributed by atoms with Crippen molar-refractivity contribution >= 4 is 5.82 Å². The summed E-state index contributed by atoms with van der Waals surface area (Å²) in [6.07, 6.45) is 7.33. The Labute approximate surface area is 83.7 Å². The SMILES string of the molecule is CC1(CNc2cnccn2)CCCO1. The molecule has 1 atom stereocenters. The number of ether oxygens (including phenoxy) is 1. The minimum Gasteiger partial charge on any atom is -0.373 e. The van der Waals surface area contributed by atoms with Crippen LogP contribution in [0.5, 0.6) is 0 Å². The van der Waals surface area contributed by atoms with Crippen molar-refractivity contribution in [3.05, 3.63) is 18.6 Å². The van der Waals surface area contributed by atoms with Crippen LogP contribution in [0.4, 0.5) is 5.82 Å². The van der Waals surface area contributed by atoms with Crippen LogP contribution in [0.1, 0.15) is 19.8 Å². The van der Waals surface area contributed by atoms with Crippen LogP contribution in [-0.4, -0.2) is 28.7 Å². The first-order valence-electron chi connectivity index (χ1n) is 4.92. The zero-order valence-corrected chi connectivity index (χ0v) is 8.36. The highest BCUT2D eigenvalue weighted by Crippen LogP contribution is 2.24. The highest BCUT2D eigenvalue weighted by atomic mass is 16.5. The van der Waals surface area contributed by atoms with E-state index in [-0.39, 0.29) is 5.60 Å². The third-order valence-electron chi connectivity index (χ3n) is 2.51. The normalized spacial score (nSPS) is 26.4. The van der Waals surface area contributed by atoms with Gasteiger partial charge in [-0.25, -0.2) is 4.98 Å². The maximum atomic E-state index is 5.65. The van der Waals surface area contributed by atoms with E-state index >= 15 is 0 Å². The lowest BCUT2D eigenvalue weighted by Crippen LogP contribution is -2.32. The summed E-state index contributed by atoms with van der Waals surface area (Å²) in [4.78, 5) is 8.13. The van der Waals surface area contributed by atoms with Gasteiger partial charge in [-0.1, -0.05) is 0 Å². The van der Waals surface area contributed by atoms with E-state index in [2.05, 4.69) is 22.2 Å². The largest absolute Gasteiger partial charge is 0.373 e. The van der Waals surface area contributed by atoms with Gasteiger partial charge in [0.1, 0.15) is 5.82 Å². The number of nitrogens with zero attached hydrogens (tertiary/aromatic N) is 2. The standard InChI is InChI=1S/C10H15N3O/c1-10(3-2-6-14-10)8-13-9-7-11-4-5-12-9/h4-5,7H,2-3,6,8H2,1H3,(H,12,13). The molecule has 1 fully saturated rings. The molecule has 14 heavy (non-hydrogen) atoms. The summed E-state index contributed by atoms with van der Waals surface area (Å²) >= 11 is 0. The number of hydrogen-bond donors (Lipinski definition) is 1. The summed E-state index contributed by atoms with van der Waals surface area (Å²) < 4.78 is 5.65. The predicted octanol–water partition coefficient (Wildman–Crippen LogP) is 1.46. The van der Waals surface area contributed by atoms with Crippen molar-refractivity contribution in [3.63, 3.8) is 0 Å². The Morgan fingerprint density at radius 3 is 3.14 bits per heavy atom. The molecule has 0 amide bonds. The molecule has 2 rings (SSSR count). The van der Waals surface area contributed by atoms with Gasteiger partial charge in [0.05, 0.1) is 11.8 Å². The van der Waals surface area contributed by atoms with Crippen LogP contribution in [-0.2, 0) is 4.74 Å². The molecule has 1 N–H and O–H groups in total. The van der Waals surface area contributed by atoms with Gasteiger partial charge >= 0.3 is 0 Å². The van der Waals surface area contributed by atoms with Crippen molar-refractivity contribution in [1.29, 1.82) is 0 Å². The van der Waals surface area contributed by atoms with Gasteiger partial charge in [-0.3, -0.25) is 4.98 Å². The van der Waals surface area contributed by atoms with Crippen LogP contribution in [0.3, 0.4) is 0 Å². The number of aromatic nitrogens is 2. The Bertz CT molecular complexity index is 283. The minimum atomic E-state index is -0.0302. The van der Waals surface area contributed by atoms with E-state index in [0.29, 0.717) is 0 Å². The molecule has 0 radical (unpaired) electrons. The zero-order chi connectivity index (χ0) is 9.86. The predicted molar refractivity (Wildman–Crippen MR) is 54.1 cm³/mol. The Hall–Kier alpha value is -1.16. The van der Waals surface area contributed by atoms with Crippen LogP contribution in [0.25, 0.3) is 0 Å². The van der Waals surface area contributed by atoms with E-state index in [9.17, 15) is 0 Å². The van der Waals surface area contributed by atoms with Crippen molar-refractivity contribution in [1.82, 2.24) is 9.97 Å². The number of hydrogen-bond acceptors (Lipinski definition) is 4. The lowest BCUT2D eigenvalue weighted by Gasteiger charge is -2.23. The summed E-state index contributed by atoms with van der Waals surface area (Å²) in [7, 11) is 0. The average molecular weight is 193 g/mol. The highest BCUT2D eigenvalue weighted by Gasteiger charge is 2.29. The van der Waals surface area contributed by atoms with E-state index in [1.54, 1.807) is 18.6 Å². The summed E-state index contributed by atoms with van der Waals surface area (Å²) in [5, 5.41) is 3.23. The summed E-state index contributed by atoms with van der Waals surface area (Å²) in [5.41, 5.74) is -0.0302. The first-order chi connectivity index (χ1) is 6.79. The molecule has 1 aliphatic rings. The van der Waals surface area contributed by atoms with E-state index < -0.39 is 0 Å². The maximum Gasteiger partial charge on any atom is 0.144 e. The van der Waals surface area contributed by atoms with Gasteiger partial charge in [0, 0.05) is 25.5 Å². The number of nitrogens with one attached hydrogen (secondary N) is 1. The van der Waals surface area contributed by atoms with Crippen molar-refractivity contribution in [3.8, 4) is 0 Å². The lowest BCUT2D eigenvalue weighted by molar-refractivity contribution is 0.0315. The smallest absolute Gasteiger partial charge is 0.144 e. The third-order valence-corrected chi connectivity index (χ3v) is 2.51. The average Bonchev–Trinajstić information content (AvgIpc) is 2.65. The minimum absolute atomic E-state index is 0.0302. The van der Waals surface area contributed by atoms with Gasteiger partial charge in [0.2, 0.25) is 0 Å². The Kier molecular flexibility index (Phi) is 2.63. The molecule has 1 unspecified atom stereocenters. The van der Waals surface area contributed by atoms with Crippen LogP contribution in [0.15, 0.2) is 18.6 Å². The van der Waals surface area contributed by atoms with Crippen molar-refractivity contribution in [2.75, 3.05) is 18.5 Å². The number of rotatable bonds is 3. The van der Waals surface area contributed by atoms with Crippen LogP contribution >= 0.6 is 0 Å². The molecule has 1 saturated heterocycles. The Morgan fingerprint density at radius 1 is 1.57 bits per heavy atom. The molecule has 2 heterocycles. The van der Waals surface area contributed by atoms with Crippen molar-refractivity contribution < 1.29 is 4.74 Å². The summed E-state index contributed by atoms with van der Waals surface area (Å²) in [6, 6.07) is 0. The second-order valence-corrected chi connectivity index (χ2v) is 3.85. The van der Waals surface area contributed by atoms with Gasteiger partial charge < -0.3 is 10.1 Å².